The summed E-state index contributed by atoms with van der Waals surface area (Å²) in [4.78, 5) is 30.7. The molecule has 3 aromatic rings. The van der Waals surface area contributed by atoms with Gasteiger partial charge in [-0.2, -0.15) is 0 Å². The van der Waals surface area contributed by atoms with E-state index in [1.165, 1.54) is 11.1 Å². The Morgan fingerprint density at radius 1 is 0.838 bits per heavy atom. The van der Waals surface area contributed by atoms with Crippen molar-refractivity contribution in [3.8, 4) is 0 Å². The monoisotopic (exact) mass is 499 g/mol. The summed E-state index contributed by atoms with van der Waals surface area (Å²) in [6.45, 7) is 9.22. The number of amides is 2. The second kappa shape index (κ2) is 12.7. The molecule has 5 heteroatoms. The molecule has 0 fully saturated rings. The molecule has 0 saturated carbocycles. The van der Waals surface area contributed by atoms with E-state index in [1.54, 1.807) is 4.90 Å². The molecule has 0 radical (unpaired) electrons. The quantitative estimate of drug-likeness (QED) is 0.405. The zero-order valence-electron chi connectivity index (χ0n) is 23.1. The van der Waals surface area contributed by atoms with E-state index in [9.17, 15) is 9.59 Å². The molecule has 0 heterocycles. The maximum atomic E-state index is 13.6. The molecular formula is C32H41N3O2. The summed E-state index contributed by atoms with van der Waals surface area (Å²) in [7, 11) is 3.69. The zero-order chi connectivity index (χ0) is 27.0. The van der Waals surface area contributed by atoms with E-state index >= 15 is 0 Å². The highest BCUT2D eigenvalue weighted by Crippen LogP contribution is 2.22. The third-order valence-corrected chi connectivity index (χ3v) is 7.21. The molecule has 0 bridgehead atoms. The lowest BCUT2D eigenvalue weighted by molar-refractivity contribution is -0.138. The van der Waals surface area contributed by atoms with Gasteiger partial charge < -0.3 is 10.2 Å². The highest BCUT2D eigenvalue weighted by molar-refractivity contribution is 5.85. The first-order valence-corrected chi connectivity index (χ1v) is 13.0. The zero-order valence-corrected chi connectivity index (χ0v) is 23.1. The van der Waals surface area contributed by atoms with Crippen LogP contribution in [0.1, 0.15) is 43.0 Å². The van der Waals surface area contributed by atoms with Crippen molar-refractivity contribution in [3.63, 3.8) is 0 Å². The van der Waals surface area contributed by atoms with Crippen LogP contribution in [-0.2, 0) is 28.0 Å². The molecule has 0 spiro atoms. The number of nitrogens with zero attached hydrogens (tertiary/aromatic N) is 2. The van der Waals surface area contributed by atoms with Crippen molar-refractivity contribution in [2.24, 2.45) is 0 Å². The second-order valence-electron chi connectivity index (χ2n) is 10.7. The summed E-state index contributed by atoms with van der Waals surface area (Å²) in [6, 6.07) is 27.5. The molecule has 2 unspecified atom stereocenters. The second-order valence-corrected chi connectivity index (χ2v) is 10.7. The summed E-state index contributed by atoms with van der Waals surface area (Å²) in [5.41, 5.74) is 4.27. The average molecular weight is 500 g/mol. The molecule has 0 aromatic heterocycles. The molecule has 0 aliphatic carbocycles. The molecule has 196 valence electrons. The first kappa shape index (κ1) is 28.1. The average Bonchev–Trinajstić information content (AvgIpc) is 2.91. The lowest BCUT2D eigenvalue weighted by Gasteiger charge is -2.35. The minimum absolute atomic E-state index is 0.0160. The van der Waals surface area contributed by atoms with Crippen LogP contribution in [0.15, 0.2) is 84.9 Å². The van der Waals surface area contributed by atoms with Crippen LogP contribution in [0, 0.1) is 6.92 Å². The fourth-order valence-electron chi connectivity index (χ4n) is 4.48. The number of rotatable bonds is 11. The molecule has 0 saturated heterocycles. The Bertz CT molecular complexity index is 1140. The number of aryl methyl sites for hydroxylation is 1. The molecule has 1 N–H and O–H groups in total. The van der Waals surface area contributed by atoms with Crippen molar-refractivity contribution in [2.75, 3.05) is 20.6 Å². The van der Waals surface area contributed by atoms with E-state index in [2.05, 4.69) is 62.5 Å². The highest BCUT2D eigenvalue weighted by Gasteiger charge is 2.32. The van der Waals surface area contributed by atoms with Crippen molar-refractivity contribution in [3.05, 3.63) is 107 Å². The topological polar surface area (TPSA) is 52.7 Å². The summed E-state index contributed by atoms with van der Waals surface area (Å²) in [5, 5.41) is 3.19. The van der Waals surface area contributed by atoms with E-state index in [4.69, 9.17) is 0 Å². The number of likely N-dealkylation sites (N-methyl/N-ethyl adjacent to an activating group) is 2. The van der Waals surface area contributed by atoms with Gasteiger partial charge in [0.15, 0.2) is 0 Å². The van der Waals surface area contributed by atoms with E-state index in [-0.39, 0.29) is 17.2 Å². The van der Waals surface area contributed by atoms with Crippen molar-refractivity contribution in [1.29, 1.82) is 0 Å². The van der Waals surface area contributed by atoms with Crippen molar-refractivity contribution in [1.82, 2.24) is 15.1 Å². The van der Waals surface area contributed by atoms with Crippen LogP contribution in [-0.4, -0.2) is 54.3 Å². The van der Waals surface area contributed by atoms with Crippen molar-refractivity contribution < 1.29 is 9.59 Å². The van der Waals surface area contributed by atoms with Crippen molar-refractivity contribution >= 4 is 11.8 Å². The predicted octanol–water partition coefficient (Wildman–Crippen LogP) is 4.98. The molecule has 0 aliphatic rings. The van der Waals surface area contributed by atoms with Gasteiger partial charge in [0, 0.05) is 25.6 Å². The third kappa shape index (κ3) is 7.77. The largest absolute Gasteiger partial charge is 0.354 e. The van der Waals surface area contributed by atoms with Gasteiger partial charge >= 0.3 is 0 Å². The Labute approximate surface area is 222 Å². The fraction of sp³-hybridized carbons (Fsp3) is 0.375. The first-order chi connectivity index (χ1) is 17.6. The normalized spacial score (nSPS) is 13.2. The molecule has 3 rings (SSSR count). The standard InChI is InChI=1S/C32H41N3O2/c1-24-17-19-26(20-18-24)21-29(30(36)33-23-32(3,4)28-15-11-8-12-16-28)35(6)25(2)31(37)34(5)22-27-13-9-7-10-14-27/h7-20,25,29H,21-23H2,1-6H3,(H,33,36). The Hall–Kier alpha value is -3.44. The molecule has 5 nitrogen and oxygen atoms in total. The summed E-state index contributed by atoms with van der Waals surface area (Å²) in [6.07, 6.45) is 0.522. The number of hydrogen-bond acceptors (Lipinski definition) is 3. The molecule has 0 aliphatic heterocycles. The smallest absolute Gasteiger partial charge is 0.239 e. The van der Waals surface area contributed by atoms with Crippen molar-refractivity contribution in [2.45, 2.75) is 58.2 Å². The number of nitrogens with one attached hydrogen (secondary N) is 1. The minimum atomic E-state index is -0.488. The van der Waals surface area contributed by atoms with Gasteiger partial charge in [-0.3, -0.25) is 14.5 Å². The number of benzene rings is 3. The number of carbonyl (C=O) groups is 2. The van der Waals surface area contributed by atoms with Gasteiger partial charge in [0.1, 0.15) is 0 Å². The minimum Gasteiger partial charge on any atom is -0.354 e. The van der Waals surface area contributed by atoms with E-state index in [0.717, 1.165) is 11.1 Å². The molecule has 2 atom stereocenters. The van der Waals surface area contributed by atoms with Crippen LogP contribution in [0.25, 0.3) is 0 Å². The van der Waals surface area contributed by atoms with Gasteiger partial charge in [-0.05, 0) is 44.0 Å². The van der Waals surface area contributed by atoms with Gasteiger partial charge in [0.05, 0.1) is 12.1 Å². The van der Waals surface area contributed by atoms with Crippen LogP contribution >= 0.6 is 0 Å². The van der Waals surface area contributed by atoms with Gasteiger partial charge in [-0.15, -0.1) is 0 Å². The Morgan fingerprint density at radius 3 is 2.00 bits per heavy atom. The van der Waals surface area contributed by atoms with Crippen LogP contribution in [0.3, 0.4) is 0 Å². The molecule has 37 heavy (non-hydrogen) atoms. The first-order valence-electron chi connectivity index (χ1n) is 13.0. The van der Waals surface area contributed by atoms with Gasteiger partial charge in [0.2, 0.25) is 11.8 Å². The van der Waals surface area contributed by atoms with Crippen LogP contribution in [0.5, 0.6) is 0 Å². The Morgan fingerprint density at radius 2 is 1.41 bits per heavy atom. The van der Waals surface area contributed by atoms with E-state index in [1.807, 2.05) is 74.4 Å². The molecule has 2 amide bonds. The number of hydrogen-bond donors (Lipinski definition) is 1. The summed E-state index contributed by atoms with van der Waals surface area (Å²) < 4.78 is 0. The van der Waals surface area contributed by atoms with Crippen LogP contribution < -0.4 is 5.32 Å². The lowest BCUT2D eigenvalue weighted by Crippen LogP contribution is -2.55. The molecule has 3 aromatic carbocycles. The van der Waals surface area contributed by atoms with Gasteiger partial charge in [0.25, 0.3) is 0 Å². The Balaban J connectivity index is 1.76. The SMILES string of the molecule is Cc1ccc(CC(C(=O)NCC(C)(C)c2ccccc2)N(C)C(C)C(=O)N(C)Cc2ccccc2)cc1. The maximum Gasteiger partial charge on any atom is 0.239 e. The molecular weight excluding hydrogens is 458 g/mol. The van der Waals surface area contributed by atoms with Crippen LogP contribution in [0.2, 0.25) is 0 Å². The predicted molar refractivity (Wildman–Crippen MR) is 151 cm³/mol. The lowest BCUT2D eigenvalue weighted by atomic mass is 9.84. The van der Waals surface area contributed by atoms with Gasteiger partial charge in [-0.25, -0.2) is 0 Å². The summed E-state index contributed by atoms with van der Waals surface area (Å²) in [5.74, 6) is -0.0879. The highest BCUT2D eigenvalue weighted by atomic mass is 16.2. The number of carbonyl (C=O) groups excluding carboxylic acids is 2. The van der Waals surface area contributed by atoms with E-state index < -0.39 is 12.1 Å². The summed E-state index contributed by atoms with van der Waals surface area (Å²) >= 11 is 0. The van der Waals surface area contributed by atoms with Crippen LogP contribution in [0.4, 0.5) is 0 Å². The fourth-order valence-corrected chi connectivity index (χ4v) is 4.48. The maximum absolute atomic E-state index is 13.6. The van der Waals surface area contributed by atoms with E-state index in [0.29, 0.717) is 19.5 Å². The Kier molecular flexibility index (Phi) is 9.65. The third-order valence-electron chi connectivity index (χ3n) is 7.21. The van der Waals surface area contributed by atoms with Gasteiger partial charge in [-0.1, -0.05) is 104 Å².